The van der Waals surface area contributed by atoms with Crippen LogP contribution in [0.3, 0.4) is 0 Å². The summed E-state index contributed by atoms with van der Waals surface area (Å²) >= 11 is 0. The molecule has 0 radical (unpaired) electrons. The summed E-state index contributed by atoms with van der Waals surface area (Å²) in [6.07, 6.45) is 0. The molecule has 3 heterocycles. The summed E-state index contributed by atoms with van der Waals surface area (Å²) in [5.74, 6) is 3.10. The zero-order chi connectivity index (χ0) is 27.6. The molecular weight excluding hydrogens is 494 g/mol. The summed E-state index contributed by atoms with van der Waals surface area (Å²) in [4.78, 5) is 33.3. The Morgan fingerprint density at radius 2 is 0.600 bits per heavy atom. The van der Waals surface area contributed by atoms with E-state index in [2.05, 4.69) is 19.9 Å². The van der Waals surface area contributed by atoms with Crippen molar-refractivity contribution in [3.05, 3.63) is 114 Å². The number of aromatic nitrogens is 7. The maximum atomic E-state index is 4.94. The highest BCUT2D eigenvalue weighted by atomic mass is 15.0. The smallest absolute Gasteiger partial charge is 0.164 e. The van der Waals surface area contributed by atoms with Gasteiger partial charge in [-0.1, -0.05) is 66.7 Å². The van der Waals surface area contributed by atoms with Crippen LogP contribution in [0.4, 0.5) is 0 Å². The Kier molecular flexibility index (Phi) is 6.62. The maximum Gasteiger partial charge on any atom is 0.164 e. The number of hydrogen-bond donors (Lipinski definition) is 0. The van der Waals surface area contributed by atoms with E-state index >= 15 is 0 Å². The lowest BCUT2D eigenvalue weighted by atomic mass is 10.1. The average Bonchev–Trinajstić information content (AvgIpc) is 2.96. The van der Waals surface area contributed by atoms with E-state index in [1.165, 1.54) is 0 Å². The standard InChI is InChI=1S/C33H27N7/c1-20-16-21(2)35-30(34-20)25-12-8-14-27(18-25)32-38-29(24-10-6-5-7-11-24)39-33(40-32)28-15-9-13-26(19-28)31-36-22(3)17-23(4)37-31/h5-19H,1-4H3. The molecule has 3 aromatic heterocycles. The molecule has 3 aromatic carbocycles. The van der Waals surface area contributed by atoms with Crippen molar-refractivity contribution in [1.29, 1.82) is 0 Å². The van der Waals surface area contributed by atoms with Gasteiger partial charge in [0.25, 0.3) is 0 Å². The second kappa shape index (κ2) is 10.5. The first kappa shape index (κ1) is 25.1. The lowest BCUT2D eigenvalue weighted by Crippen LogP contribution is -2.01. The number of hydrogen-bond acceptors (Lipinski definition) is 7. The van der Waals surface area contributed by atoms with Gasteiger partial charge in [-0.05, 0) is 52.0 Å². The van der Waals surface area contributed by atoms with Crippen LogP contribution in [0, 0.1) is 27.7 Å². The fourth-order valence-electron chi connectivity index (χ4n) is 4.66. The van der Waals surface area contributed by atoms with Gasteiger partial charge in [0.05, 0.1) is 0 Å². The van der Waals surface area contributed by atoms with Crippen molar-refractivity contribution in [3.63, 3.8) is 0 Å². The number of nitrogens with zero attached hydrogens (tertiary/aromatic N) is 7. The molecule has 0 saturated heterocycles. The van der Waals surface area contributed by atoms with E-state index in [1.807, 2.05) is 119 Å². The first-order valence-electron chi connectivity index (χ1n) is 13.1. The molecule has 0 unspecified atom stereocenters. The fourth-order valence-corrected chi connectivity index (χ4v) is 4.66. The molecule has 0 spiro atoms. The van der Waals surface area contributed by atoms with Crippen LogP contribution in [0.5, 0.6) is 0 Å². The summed E-state index contributed by atoms with van der Waals surface area (Å²) in [5, 5.41) is 0. The molecule has 0 N–H and O–H groups in total. The van der Waals surface area contributed by atoms with Gasteiger partial charge in [-0.3, -0.25) is 0 Å². The third kappa shape index (κ3) is 5.35. The molecule has 0 aliphatic carbocycles. The Labute approximate surface area is 233 Å². The van der Waals surface area contributed by atoms with Crippen LogP contribution >= 0.6 is 0 Å². The van der Waals surface area contributed by atoms with Gasteiger partial charge < -0.3 is 0 Å². The van der Waals surface area contributed by atoms with E-state index in [0.29, 0.717) is 29.1 Å². The largest absolute Gasteiger partial charge is 0.233 e. The van der Waals surface area contributed by atoms with Crippen molar-refractivity contribution < 1.29 is 0 Å². The highest BCUT2D eigenvalue weighted by Gasteiger charge is 2.15. The normalized spacial score (nSPS) is 11.0. The zero-order valence-corrected chi connectivity index (χ0v) is 22.8. The van der Waals surface area contributed by atoms with Gasteiger partial charge in [-0.15, -0.1) is 0 Å². The van der Waals surface area contributed by atoms with Gasteiger partial charge in [0.15, 0.2) is 29.1 Å². The average molecular weight is 522 g/mol. The van der Waals surface area contributed by atoms with Gasteiger partial charge in [0.2, 0.25) is 0 Å². The minimum atomic E-state index is 0.572. The molecule has 0 aliphatic rings. The quantitative estimate of drug-likeness (QED) is 0.241. The van der Waals surface area contributed by atoms with Crippen molar-refractivity contribution in [2.24, 2.45) is 0 Å². The molecule has 40 heavy (non-hydrogen) atoms. The van der Waals surface area contributed by atoms with Gasteiger partial charge in [0.1, 0.15) is 0 Å². The van der Waals surface area contributed by atoms with Crippen LogP contribution < -0.4 is 0 Å². The van der Waals surface area contributed by atoms with Crippen LogP contribution in [0.25, 0.3) is 56.9 Å². The van der Waals surface area contributed by atoms with E-state index in [1.54, 1.807) is 0 Å². The van der Waals surface area contributed by atoms with Crippen molar-refractivity contribution in [3.8, 4) is 56.9 Å². The zero-order valence-electron chi connectivity index (χ0n) is 22.8. The minimum absolute atomic E-state index is 0.572. The topological polar surface area (TPSA) is 90.2 Å². The van der Waals surface area contributed by atoms with Gasteiger partial charge in [-0.2, -0.15) is 0 Å². The van der Waals surface area contributed by atoms with Crippen LogP contribution in [-0.4, -0.2) is 34.9 Å². The van der Waals surface area contributed by atoms with E-state index in [0.717, 1.165) is 50.6 Å². The van der Waals surface area contributed by atoms with Crippen molar-refractivity contribution in [2.45, 2.75) is 27.7 Å². The first-order chi connectivity index (χ1) is 19.4. The minimum Gasteiger partial charge on any atom is -0.233 e. The Morgan fingerprint density at radius 3 is 0.975 bits per heavy atom. The summed E-state index contributed by atoms with van der Waals surface area (Å²) in [5.41, 5.74) is 8.13. The van der Waals surface area contributed by atoms with E-state index in [4.69, 9.17) is 15.0 Å². The third-order valence-electron chi connectivity index (χ3n) is 6.39. The highest BCUT2D eigenvalue weighted by molar-refractivity contribution is 5.72. The molecule has 194 valence electrons. The highest BCUT2D eigenvalue weighted by Crippen LogP contribution is 2.29. The second-order valence-corrected chi connectivity index (χ2v) is 9.78. The third-order valence-corrected chi connectivity index (χ3v) is 6.39. The molecule has 0 aliphatic heterocycles. The van der Waals surface area contributed by atoms with Crippen LogP contribution in [0.15, 0.2) is 91.0 Å². The summed E-state index contributed by atoms with van der Waals surface area (Å²) < 4.78 is 0. The summed E-state index contributed by atoms with van der Waals surface area (Å²) in [6.45, 7) is 7.90. The van der Waals surface area contributed by atoms with Crippen LogP contribution in [-0.2, 0) is 0 Å². The van der Waals surface area contributed by atoms with E-state index in [9.17, 15) is 0 Å². The Balaban J connectivity index is 1.49. The molecule has 0 bridgehead atoms. The van der Waals surface area contributed by atoms with Crippen LogP contribution in [0.2, 0.25) is 0 Å². The first-order valence-corrected chi connectivity index (χ1v) is 13.1. The maximum absolute atomic E-state index is 4.94. The fraction of sp³-hybridized carbons (Fsp3) is 0.121. The molecular formula is C33H27N7. The predicted molar refractivity (Wildman–Crippen MR) is 157 cm³/mol. The SMILES string of the molecule is Cc1cc(C)nc(-c2cccc(-c3nc(-c4ccccc4)nc(-c4cccc(-c5nc(C)cc(C)n5)c4)n3)c2)n1. The van der Waals surface area contributed by atoms with Gasteiger partial charge >= 0.3 is 0 Å². The summed E-state index contributed by atoms with van der Waals surface area (Å²) in [7, 11) is 0. The molecule has 7 nitrogen and oxygen atoms in total. The van der Waals surface area contributed by atoms with Crippen molar-refractivity contribution in [1.82, 2.24) is 34.9 Å². The molecule has 6 aromatic rings. The number of benzene rings is 3. The van der Waals surface area contributed by atoms with Crippen molar-refractivity contribution in [2.75, 3.05) is 0 Å². The molecule has 7 heteroatoms. The lowest BCUT2D eigenvalue weighted by molar-refractivity contribution is 1.06. The summed E-state index contributed by atoms with van der Waals surface area (Å²) in [6, 6.07) is 29.9. The van der Waals surface area contributed by atoms with Crippen LogP contribution in [0.1, 0.15) is 22.8 Å². The van der Waals surface area contributed by atoms with Crippen molar-refractivity contribution >= 4 is 0 Å². The number of rotatable bonds is 5. The lowest BCUT2D eigenvalue weighted by Gasteiger charge is -2.10. The van der Waals surface area contributed by atoms with E-state index < -0.39 is 0 Å². The molecule has 0 fully saturated rings. The Bertz CT molecular complexity index is 1690. The molecule has 0 atom stereocenters. The molecule has 6 rings (SSSR count). The molecule has 0 saturated carbocycles. The second-order valence-electron chi connectivity index (χ2n) is 9.78. The van der Waals surface area contributed by atoms with Gasteiger partial charge in [0, 0.05) is 50.6 Å². The number of aryl methyl sites for hydroxylation is 4. The predicted octanol–water partition coefficient (Wildman–Crippen LogP) is 7.02. The Hall–Kier alpha value is -5.17. The van der Waals surface area contributed by atoms with E-state index in [-0.39, 0.29) is 0 Å². The Morgan fingerprint density at radius 1 is 0.300 bits per heavy atom. The molecule has 0 amide bonds. The monoisotopic (exact) mass is 521 g/mol. The van der Waals surface area contributed by atoms with Gasteiger partial charge in [-0.25, -0.2) is 34.9 Å².